The van der Waals surface area contributed by atoms with Gasteiger partial charge in [0, 0.05) is 17.8 Å². The topological polar surface area (TPSA) is 118 Å². The van der Waals surface area contributed by atoms with Crippen LogP contribution in [0.1, 0.15) is 11.3 Å². The largest absolute Gasteiger partial charge is 0.496 e. The maximum absolute atomic E-state index is 12.8. The average molecular weight is 457 g/mol. The van der Waals surface area contributed by atoms with Crippen molar-refractivity contribution < 1.29 is 32.0 Å². The lowest BCUT2D eigenvalue weighted by atomic mass is 10.1. The van der Waals surface area contributed by atoms with E-state index in [1.165, 1.54) is 43.5 Å². The maximum atomic E-state index is 12.8. The van der Waals surface area contributed by atoms with Crippen molar-refractivity contribution >= 4 is 23.4 Å². The van der Waals surface area contributed by atoms with Gasteiger partial charge in [-0.25, -0.2) is 0 Å². The molecule has 0 spiro atoms. The summed E-state index contributed by atoms with van der Waals surface area (Å²) < 4.78 is 49.3. The van der Waals surface area contributed by atoms with Crippen LogP contribution >= 0.6 is 0 Å². The molecule has 1 N–H and O–H groups in total. The Morgan fingerprint density at radius 2 is 1.97 bits per heavy atom. The van der Waals surface area contributed by atoms with Gasteiger partial charge in [-0.2, -0.15) is 18.4 Å². The second-order valence-corrected chi connectivity index (χ2v) is 6.55. The van der Waals surface area contributed by atoms with Crippen LogP contribution in [-0.2, 0) is 11.0 Å². The highest BCUT2D eigenvalue weighted by atomic mass is 19.4. The zero-order valence-electron chi connectivity index (χ0n) is 16.8. The summed E-state index contributed by atoms with van der Waals surface area (Å²) in [5.41, 5.74) is -1.28. The molecule has 0 aliphatic rings. The molecule has 1 aromatic heterocycles. The number of nitriles is 1. The van der Waals surface area contributed by atoms with E-state index in [1.807, 2.05) is 0 Å². The fourth-order valence-corrected chi connectivity index (χ4v) is 2.83. The average Bonchev–Trinajstić information content (AvgIpc) is 3.24. The Labute approximate surface area is 184 Å². The lowest BCUT2D eigenvalue weighted by Gasteiger charge is -2.09. The lowest BCUT2D eigenvalue weighted by molar-refractivity contribution is -0.384. The summed E-state index contributed by atoms with van der Waals surface area (Å²) in [6.45, 7) is 0. The predicted octanol–water partition coefficient (Wildman–Crippen LogP) is 5.43. The van der Waals surface area contributed by atoms with Crippen molar-refractivity contribution in [2.75, 3.05) is 12.4 Å². The van der Waals surface area contributed by atoms with E-state index in [1.54, 1.807) is 6.07 Å². The highest BCUT2D eigenvalue weighted by Crippen LogP contribution is 2.35. The number of halogens is 3. The van der Waals surface area contributed by atoms with Crippen LogP contribution in [0.3, 0.4) is 0 Å². The molecule has 1 heterocycles. The van der Waals surface area contributed by atoms with Crippen LogP contribution in [0.15, 0.2) is 64.6 Å². The number of amides is 1. The summed E-state index contributed by atoms with van der Waals surface area (Å²) >= 11 is 0. The summed E-state index contributed by atoms with van der Waals surface area (Å²) in [6, 6.07) is 12.5. The van der Waals surface area contributed by atoms with E-state index in [4.69, 9.17) is 9.15 Å². The molecule has 0 radical (unpaired) electrons. The third-order valence-corrected chi connectivity index (χ3v) is 4.39. The number of hydrogen-bond acceptors (Lipinski definition) is 6. The monoisotopic (exact) mass is 457 g/mol. The van der Waals surface area contributed by atoms with E-state index in [2.05, 4.69) is 5.32 Å². The van der Waals surface area contributed by atoms with Crippen molar-refractivity contribution in [1.29, 1.82) is 5.26 Å². The van der Waals surface area contributed by atoms with E-state index in [0.29, 0.717) is 5.56 Å². The predicted molar refractivity (Wildman–Crippen MR) is 111 cm³/mol. The summed E-state index contributed by atoms with van der Waals surface area (Å²) in [5.74, 6) is -0.399. The molecule has 0 bridgehead atoms. The van der Waals surface area contributed by atoms with Crippen LogP contribution in [0.5, 0.6) is 5.75 Å². The molecule has 8 nitrogen and oxygen atoms in total. The van der Waals surface area contributed by atoms with Crippen LogP contribution < -0.4 is 10.1 Å². The smallest absolute Gasteiger partial charge is 0.416 e. The second kappa shape index (κ2) is 9.27. The Bertz CT molecular complexity index is 1290. The number of methoxy groups -OCH3 is 1. The van der Waals surface area contributed by atoms with Gasteiger partial charge in [0.1, 0.15) is 28.9 Å². The normalized spacial score (nSPS) is 11.5. The number of carbonyl (C=O) groups is 1. The third kappa shape index (κ3) is 5.37. The minimum absolute atomic E-state index is 0.0983. The zero-order chi connectivity index (χ0) is 24.2. The molecular formula is C22H14F3N3O5. The number of furan rings is 1. The minimum atomic E-state index is -4.59. The van der Waals surface area contributed by atoms with E-state index in [0.717, 1.165) is 24.3 Å². The first-order valence-corrected chi connectivity index (χ1v) is 9.15. The van der Waals surface area contributed by atoms with Gasteiger partial charge >= 0.3 is 6.18 Å². The number of carbonyl (C=O) groups excluding carboxylic acids is 1. The molecule has 168 valence electrons. The molecular weight excluding hydrogens is 443 g/mol. The van der Waals surface area contributed by atoms with Crippen molar-refractivity contribution in [1.82, 2.24) is 0 Å². The molecule has 2 aromatic carbocycles. The number of hydrogen-bond donors (Lipinski definition) is 1. The van der Waals surface area contributed by atoms with Gasteiger partial charge in [0.2, 0.25) is 0 Å². The fourth-order valence-electron chi connectivity index (χ4n) is 2.83. The fraction of sp³-hybridized carbons (Fsp3) is 0.0909. The van der Waals surface area contributed by atoms with Gasteiger partial charge in [-0.05, 0) is 36.4 Å². The number of nitro benzene ring substituents is 1. The van der Waals surface area contributed by atoms with Crippen LogP contribution in [0.25, 0.3) is 17.4 Å². The van der Waals surface area contributed by atoms with Crippen LogP contribution in [-0.4, -0.2) is 17.9 Å². The summed E-state index contributed by atoms with van der Waals surface area (Å²) in [6.07, 6.45) is -3.47. The van der Waals surface area contributed by atoms with E-state index in [-0.39, 0.29) is 28.6 Å². The molecule has 0 saturated heterocycles. The van der Waals surface area contributed by atoms with Gasteiger partial charge < -0.3 is 14.5 Å². The molecule has 1 amide bonds. The Hall–Kier alpha value is -4.59. The Morgan fingerprint density at radius 1 is 1.21 bits per heavy atom. The van der Waals surface area contributed by atoms with Crippen molar-refractivity contribution in [3.05, 3.63) is 81.6 Å². The number of alkyl halides is 3. The highest BCUT2D eigenvalue weighted by Gasteiger charge is 2.30. The highest BCUT2D eigenvalue weighted by molar-refractivity contribution is 6.09. The van der Waals surface area contributed by atoms with E-state index in [9.17, 15) is 33.3 Å². The van der Waals surface area contributed by atoms with Crippen LogP contribution in [0.2, 0.25) is 0 Å². The molecule has 0 aliphatic carbocycles. The first-order valence-electron chi connectivity index (χ1n) is 9.15. The lowest BCUT2D eigenvalue weighted by Crippen LogP contribution is -2.14. The number of anilines is 1. The van der Waals surface area contributed by atoms with Gasteiger partial charge in [-0.15, -0.1) is 0 Å². The third-order valence-electron chi connectivity index (χ3n) is 4.39. The molecule has 3 rings (SSSR count). The molecule has 0 saturated carbocycles. The van der Waals surface area contributed by atoms with Crippen molar-refractivity contribution in [3.63, 3.8) is 0 Å². The molecule has 0 fully saturated rings. The molecule has 11 heteroatoms. The van der Waals surface area contributed by atoms with Gasteiger partial charge in [0.05, 0.1) is 29.2 Å². The Morgan fingerprint density at radius 3 is 2.61 bits per heavy atom. The van der Waals surface area contributed by atoms with Crippen LogP contribution in [0, 0.1) is 21.4 Å². The summed E-state index contributed by atoms with van der Waals surface area (Å²) in [7, 11) is 1.33. The van der Waals surface area contributed by atoms with Crippen molar-refractivity contribution in [3.8, 4) is 23.1 Å². The summed E-state index contributed by atoms with van der Waals surface area (Å²) in [5, 5.41) is 22.5. The Balaban J connectivity index is 1.84. The van der Waals surface area contributed by atoms with E-state index >= 15 is 0 Å². The maximum Gasteiger partial charge on any atom is 0.416 e. The summed E-state index contributed by atoms with van der Waals surface area (Å²) in [4.78, 5) is 22.7. The van der Waals surface area contributed by atoms with Gasteiger partial charge in [0.25, 0.3) is 11.6 Å². The first kappa shape index (κ1) is 23.1. The first-order chi connectivity index (χ1) is 15.6. The molecule has 0 atom stereocenters. The number of nitro groups is 1. The van der Waals surface area contributed by atoms with Crippen LogP contribution in [0.4, 0.5) is 24.5 Å². The van der Waals surface area contributed by atoms with Gasteiger partial charge in [0.15, 0.2) is 0 Å². The Kier molecular flexibility index (Phi) is 6.48. The quantitative estimate of drug-likeness (QED) is 0.228. The van der Waals surface area contributed by atoms with Crippen molar-refractivity contribution in [2.24, 2.45) is 0 Å². The number of non-ortho nitro benzene ring substituents is 1. The SMILES string of the molecule is COc1cc([N+](=O)[O-])ccc1-c1ccc(/C=C(/C#N)C(=O)Nc2cccc(C(F)(F)F)c2)o1. The number of benzene rings is 2. The number of rotatable bonds is 6. The molecule has 33 heavy (non-hydrogen) atoms. The second-order valence-electron chi connectivity index (χ2n) is 6.55. The zero-order valence-corrected chi connectivity index (χ0v) is 16.8. The van der Waals surface area contributed by atoms with Gasteiger partial charge in [-0.3, -0.25) is 14.9 Å². The minimum Gasteiger partial charge on any atom is -0.496 e. The molecule has 0 unspecified atom stereocenters. The van der Waals surface area contributed by atoms with Crippen molar-refractivity contribution in [2.45, 2.75) is 6.18 Å². The van der Waals surface area contributed by atoms with E-state index < -0.39 is 28.1 Å². The standard InChI is InChI=1S/C22H14F3N3O5/c1-32-20-11-16(28(30)31)5-7-18(20)19-8-6-17(33-19)9-13(12-26)21(29)27-15-4-2-3-14(10-15)22(23,24)25/h2-11H,1H3,(H,27,29)/b13-9-. The number of ether oxygens (including phenoxy) is 1. The molecule has 0 aliphatic heterocycles. The number of nitrogens with zero attached hydrogens (tertiary/aromatic N) is 2. The van der Waals surface area contributed by atoms with Gasteiger partial charge in [-0.1, -0.05) is 6.07 Å². The molecule has 3 aromatic rings. The number of nitrogens with one attached hydrogen (secondary N) is 1.